The summed E-state index contributed by atoms with van der Waals surface area (Å²) in [6.07, 6.45) is 9.52. The maximum atomic E-state index is 9.73. The maximum Gasteiger partial charge on any atom is 0.138 e. The largest absolute Gasteiger partial charge is 0.192 e. The normalized spacial score (nSPS) is 10.9. The summed E-state index contributed by atoms with van der Waals surface area (Å²) in [5.41, 5.74) is 5.65. The fraction of sp³-hybridized carbons (Fsp3) is 0. The zero-order valence-corrected chi connectivity index (χ0v) is 20.4. The second-order valence-corrected chi connectivity index (χ2v) is 7.64. The first-order valence-electron chi connectivity index (χ1n) is 11.1. The Morgan fingerprint density at radius 3 is 0.925 bits per heavy atom. The van der Waals surface area contributed by atoms with Gasteiger partial charge in [-0.2, -0.15) is 42.1 Å². The van der Waals surface area contributed by atoms with Crippen LogP contribution in [0.15, 0.2) is 117 Å². The minimum atomic E-state index is -0.367. The monoisotopic (exact) mass is 506 g/mol. The summed E-state index contributed by atoms with van der Waals surface area (Å²) in [5, 5.41) is 77.5. The number of rotatable bonds is 6. The second-order valence-electron chi connectivity index (χ2n) is 7.64. The lowest BCUT2D eigenvalue weighted by atomic mass is 9.83. The van der Waals surface area contributed by atoms with Crippen molar-refractivity contribution in [1.82, 2.24) is 0 Å². The summed E-state index contributed by atoms with van der Waals surface area (Å²) in [7, 11) is 0. The van der Waals surface area contributed by atoms with Gasteiger partial charge in [0.1, 0.15) is 70.8 Å². The number of hydrogen-bond acceptors (Lipinski definition) is 8. The third-order valence-electron chi connectivity index (χ3n) is 5.59. The van der Waals surface area contributed by atoms with Crippen molar-refractivity contribution in [2.45, 2.75) is 0 Å². The highest BCUT2D eigenvalue weighted by Gasteiger charge is 2.25. The molecule has 0 aromatic heterocycles. The highest BCUT2D eigenvalue weighted by atomic mass is 14.4. The topological polar surface area (TPSA) is 190 Å². The Bertz CT molecular complexity index is 1800. The van der Waals surface area contributed by atoms with E-state index in [1.54, 1.807) is 60.7 Å². The van der Waals surface area contributed by atoms with Crippen LogP contribution in [0.3, 0.4) is 0 Å². The summed E-state index contributed by atoms with van der Waals surface area (Å²) >= 11 is 0. The lowest BCUT2D eigenvalue weighted by Crippen LogP contribution is -2.02. The summed E-state index contributed by atoms with van der Waals surface area (Å²) in [5.74, 6) is 0. The molecule has 0 aliphatic heterocycles. The van der Waals surface area contributed by atoms with E-state index in [1.165, 1.54) is 24.3 Å². The van der Waals surface area contributed by atoms with Gasteiger partial charge in [0.05, 0.1) is 0 Å². The van der Waals surface area contributed by atoms with Gasteiger partial charge in [-0.05, 0) is 35.4 Å². The van der Waals surface area contributed by atoms with Crippen LogP contribution in [0.2, 0.25) is 0 Å². The van der Waals surface area contributed by atoms with Crippen LogP contribution in [0.4, 0.5) is 0 Å². The van der Waals surface area contributed by atoms with Crippen molar-refractivity contribution in [3.8, 4) is 48.6 Å². The van der Waals surface area contributed by atoms with E-state index in [9.17, 15) is 42.1 Å². The molecule has 0 atom stereocenters. The average Bonchev–Trinajstić information content (AvgIpc) is 3.72. The third kappa shape index (κ3) is 5.09. The fourth-order valence-electron chi connectivity index (χ4n) is 3.94. The first kappa shape index (κ1) is 27.2. The molecule has 2 aliphatic carbocycles. The zero-order chi connectivity index (χ0) is 29.1. The molecule has 0 heterocycles. The SMILES string of the molecule is N#CC(C#N)=C(C1=C=CC=C1)C(=C(C#N)C#N)c1ccc(C(=C(C#N)C#N)C(C2=C=CC=C2)=C(C#N)C#N)cc1. The highest BCUT2D eigenvalue weighted by Crippen LogP contribution is 2.38. The number of nitrogens with zero attached hydrogens (tertiary/aromatic N) is 8. The standard InChI is InChI=1S/C32H10N8/c33-13-25(14-34)29(21-5-1-2-6-21)31(27(17-37)18-38)23-9-11-24(12-10-23)32(28(19-39)20-40)30(26(15-35)16-36)22-7-3-4-8-22/h1-5,7,9-12H. The molecule has 0 unspecified atom stereocenters. The summed E-state index contributed by atoms with van der Waals surface area (Å²) in [4.78, 5) is 0. The summed E-state index contributed by atoms with van der Waals surface area (Å²) in [6.45, 7) is 0. The molecular weight excluding hydrogens is 496 g/mol. The van der Waals surface area contributed by atoms with E-state index in [-0.39, 0.29) is 55.7 Å². The molecule has 0 radical (unpaired) electrons. The average molecular weight is 506 g/mol. The molecule has 2 aliphatic rings. The first-order chi connectivity index (χ1) is 19.5. The fourth-order valence-corrected chi connectivity index (χ4v) is 3.94. The van der Waals surface area contributed by atoms with Gasteiger partial charge in [0.15, 0.2) is 0 Å². The van der Waals surface area contributed by atoms with Crippen molar-refractivity contribution in [2.24, 2.45) is 0 Å². The molecule has 0 N–H and O–H groups in total. The molecule has 178 valence electrons. The van der Waals surface area contributed by atoms with Gasteiger partial charge in [-0.3, -0.25) is 0 Å². The molecule has 3 rings (SSSR count). The Morgan fingerprint density at radius 1 is 0.425 bits per heavy atom. The summed E-state index contributed by atoms with van der Waals surface area (Å²) in [6, 6.07) is 20.4. The second kappa shape index (κ2) is 12.5. The van der Waals surface area contributed by atoms with E-state index >= 15 is 0 Å². The predicted molar refractivity (Wildman–Crippen MR) is 141 cm³/mol. The molecule has 0 saturated heterocycles. The minimum absolute atomic E-state index is 0.0123. The van der Waals surface area contributed by atoms with E-state index in [2.05, 4.69) is 11.5 Å². The Hall–Kier alpha value is -7.38. The molecule has 0 bridgehead atoms. The molecule has 1 aromatic carbocycles. The lowest BCUT2D eigenvalue weighted by molar-refractivity contribution is 1.38. The van der Waals surface area contributed by atoms with Crippen LogP contribution in [0, 0.1) is 90.6 Å². The van der Waals surface area contributed by atoms with Crippen molar-refractivity contribution < 1.29 is 0 Å². The smallest absolute Gasteiger partial charge is 0.138 e. The Morgan fingerprint density at radius 2 is 0.700 bits per heavy atom. The van der Waals surface area contributed by atoms with Crippen molar-refractivity contribution >= 4 is 11.1 Å². The van der Waals surface area contributed by atoms with E-state index in [4.69, 9.17) is 0 Å². The summed E-state index contributed by atoms with van der Waals surface area (Å²) < 4.78 is 0. The predicted octanol–water partition coefficient (Wildman–Crippen LogP) is 5.28. The molecule has 0 spiro atoms. The van der Waals surface area contributed by atoms with Gasteiger partial charge in [-0.25, -0.2) is 0 Å². The van der Waals surface area contributed by atoms with Crippen LogP contribution in [-0.2, 0) is 0 Å². The van der Waals surface area contributed by atoms with Gasteiger partial charge in [-0.15, -0.1) is 11.5 Å². The number of allylic oxidation sites excluding steroid dienone is 14. The van der Waals surface area contributed by atoms with Crippen LogP contribution >= 0.6 is 0 Å². The van der Waals surface area contributed by atoms with Crippen molar-refractivity contribution in [1.29, 1.82) is 42.1 Å². The molecule has 40 heavy (non-hydrogen) atoms. The number of benzene rings is 1. The van der Waals surface area contributed by atoms with Gasteiger partial charge < -0.3 is 0 Å². The maximum absolute atomic E-state index is 9.73. The van der Waals surface area contributed by atoms with Gasteiger partial charge in [0.2, 0.25) is 0 Å². The quantitative estimate of drug-likeness (QED) is 0.282. The number of nitriles is 8. The van der Waals surface area contributed by atoms with Gasteiger partial charge in [0.25, 0.3) is 0 Å². The van der Waals surface area contributed by atoms with Gasteiger partial charge in [0, 0.05) is 33.4 Å². The molecule has 8 heteroatoms. The lowest BCUT2D eigenvalue weighted by Gasteiger charge is -2.16. The van der Waals surface area contributed by atoms with E-state index in [0.29, 0.717) is 11.1 Å². The van der Waals surface area contributed by atoms with Crippen LogP contribution in [0.1, 0.15) is 11.1 Å². The van der Waals surface area contributed by atoms with Crippen LogP contribution in [-0.4, -0.2) is 0 Å². The third-order valence-corrected chi connectivity index (χ3v) is 5.59. The molecule has 1 aromatic rings. The molecule has 8 nitrogen and oxygen atoms in total. The van der Waals surface area contributed by atoms with Crippen molar-refractivity contribution in [3.63, 3.8) is 0 Å². The minimum Gasteiger partial charge on any atom is -0.192 e. The Kier molecular flexibility index (Phi) is 8.53. The molecule has 0 amide bonds. The van der Waals surface area contributed by atoms with Crippen molar-refractivity contribution in [2.75, 3.05) is 0 Å². The van der Waals surface area contributed by atoms with Crippen LogP contribution < -0.4 is 0 Å². The van der Waals surface area contributed by atoms with Crippen LogP contribution in [0.25, 0.3) is 11.1 Å². The van der Waals surface area contributed by atoms with E-state index in [0.717, 1.165) is 0 Å². The van der Waals surface area contributed by atoms with Gasteiger partial charge in [-0.1, -0.05) is 36.4 Å². The Labute approximate surface area is 229 Å². The van der Waals surface area contributed by atoms with E-state index < -0.39 is 0 Å². The highest BCUT2D eigenvalue weighted by molar-refractivity contribution is 5.95. The van der Waals surface area contributed by atoms with E-state index in [1.807, 2.05) is 24.3 Å². The van der Waals surface area contributed by atoms with Crippen molar-refractivity contribution in [3.05, 3.63) is 128 Å². The zero-order valence-electron chi connectivity index (χ0n) is 20.4. The number of hydrogen-bond donors (Lipinski definition) is 0. The Balaban J connectivity index is 2.40. The first-order valence-corrected chi connectivity index (χ1v) is 11.1. The van der Waals surface area contributed by atoms with Crippen LogP contribution in [0.5, 0.6) is 0 Å². The molecule has 0 saturated carbocycles. The molecule has 0 fully saturated rings. The molecular formula is C32H10N8. The van der Waals surface area contributed by atoms with Gasteiger partial charge >= 0.3 is 0 Å².